The first-order valence-electron chi connectivity index (χ1n) is 7.05. The highest BCUT2D eigenvalue weighted by atomic mass is 79.9. The number of rotatable bonds is 4. The Balaban J connectivity index is 1.92. The maximum atomic E-state index is 5.30. The van der Waals surface area contributed by atoms with Crippen molar-refractivity contribution < 1.29 is 4.74 Å². The molecule has 4 heteroatoms. The lowest BCUT2D eigenvalue weighted by molar-refractivity contribution is 0.415. The highest BCUT2D eigenvalue weighted by Gasteiger charge is 2.24. The van der Waals surface area contributed by atoms with Crippen molar-refractivity contribution in [1.29, 1.82) is 0 Å². The van der Waals surface area contributed by atoms with E-state index in [9.17, 15) is 0 Å². The van der Waals surface area contributed by atoms with Gasteiger partial charge in [-0.3, -0.25) is 0 Å². The van der Waals surface area contributed by atoms with Crippen LogP contribution >= 0.6 is 15.9 Å². The SMILES string of the molecule is COc1ccc2c(N3CCC(CCBr)C3)nccc2c1. The molecule has 0 aliphatic carbocycles. The summed E-state index contributed by atoms with van der Waals surface area (Å²) < 4.78 is 5.30. The van der Waals surface area contributed by atoms with Gasteiger partial charge >= 0.3 is 0 Å². The van der Waals surface area contributed by atoms with Crippen LogP contribution in [0, 0.1) is 5.92 Å². The Morgan fingerprint density at radius 2 is 2.30 bits per heavy atom. The molecule has 1 aliphatic heterocycles. The number of pyridine rings is 1. The number of alkyl halides is 1. The third-order valence-corrected chi connectivity index (χ3v) is 4.51. The molecular formula is C16H19BrN2O. The van der Waals surface area contributed by atoms with Gasteiger partial charge in [-0.05, 0) is 48.4 Å². The molecule has 106 valence electrons. The van der Waals surface area contributed by atoms with Gasteiger partial charge in [-0.15, -0.1) is 0 Å². The van der Waals surface area contributed by atoms with Gasteiger partial charge in [0.2, 0.25) is 0 Å². The van der Waals surface area contributed by atoms with Gasteiger partial charge < -0.3 is 9.64 Å². The van der Waals surface area contributed by atoms with Crippen molar-refractivity contribution in [3.05, 3.63) is 30.5 Å². The number of anilines is 1. The van der Waals surface area contributed by atoms with Crippen molar-refractivity contribution in [2.24, 2.45) is 5.92 Å². The summed E-state index contributed by atoms with van der Waals surface area (Å²) in [6.45, 7) is 2.22. The van der Waals surface area contributed by atoms with E-state index in [1.807, 2.05) is 18.3 Å². The highest BCUT2D eigenvalue weighted by molar-refractivity contribution is 9.09. The second kappa shape index (κ2) is 6.00. The molecule has 1 atom stereocenters. The molecule has 1 saturated heterocycles. The summed E-state index contributed by atoms with van der Waals surface area (Å²) in [6, 6.07) is 8.26. The number of hydrogen-bond donors (Lipinski definition) is 0. The quantitative estimate of drug-likeness (QED) is 0.794. The van der Waals surface area contributed by atoms with E-state index < -0.39 is 0 Å². The smallest absolute Gasteiger partial charge is 0.136 e. The Labute approximate surface area is 128 Å². The molecule has 0 radical (unpaired) electrons. The molecule has 0 saturated carbocycles. The molecule has 2 heterocycles. The maximum absolute atomic E-state index is 5.30. The molecule has 3 rings (SSSR count). The van der Waals surface area contributed by atoms with Crippen LogP contribution in [0.2, 0.25) is 0 Å². The molecule has 20 heavy (non-hydrogen) atoms. The first-order valence-corrected chi connectivity index (χ1v) is 8.17. The van der Waals surface area contributed by atoms with E-state index in [0.717, 1.165) is 35.9 Å². The number of aromatic nitrogens is 1. The molecular weight excluding hydrogens is 316 g/mol. The first kappa shape index (κ1) is 13.7. The van der Waals surface area contributed by atoms with Gasteiger partial charge in [0.15, 0.2) is 0 Å². The molecule has 2 aromatic rings. The van der Waals surface area contributed by atoms with Crippen LogP contribution in [0.1, 0.15) is 12.8 Å². The van der Waals surface area contributed by atoms with Gasteiger partial charge in [-0.1, -0.05) is 15.9 Å². The summed E-state index contributed by atoms with van der Waals surface area (Å²) in [7, 11) is 1.70. The van der Waals surface area contributed by atoms with Crippen LogP contribution in [0.5, 0.6) is 5.75 Å². The number of nitrogens with zero attached hydrogens (tertiary/aromatic N) is 2. The number of ether oxygens (including phenoxy) is 1. The Morgan fingerprint density at radius 1 is 1.40 bits per heavy atom. The largest absolute Gasteiger partial charge is 0.497 e. The summed E-state index contributed by atoms with van der Waals surface area (Å²) in [5.74, 6) is 2.79. The topological polar surface area (TPSA) is 25.4 Å². The number of hydrogen-bond acceptors (Lipinski definition) is 3. The fraction of sp³-hybridized carbons (Fsp3) is 0.438. The minimum atomic E-state index is 0.782. The summed E-state index contributed by atoms with van der Waals surface area (Å²) >= 11 is 3.54. The molecule has 1 aromatic carbocycles. The number of benzene rings is 1. The Morgan fingerprint density at radius 3 is 3.10 bits per heavy atom. The molecule has 1 aliphatic rings. The fourth-order valence-electron chi connectivity index (χ4n) is 2.93. The van der Waals surface area contributed by atoms with E-state index >= 15 is 0 Å². The zero-order chi connectivity index (χ0) is 13.9. The predicted molar refractivity (Wildman–Crippen MR) is 87.0 cm³/mol. The van der Waals surface area contributed by atoms with E-state index in [4.69, 9.17) is 4.74 Å². The average molecular weight is 335 g/mol. The molecule has 3 nitrogen and oxygen atoms in total. The standard InChI is InChI=1S/C16H19BrN2O/c1-20-14-2-3-15-13(10-14)5-8-18-16(15)19-9-6-12(11-19)4-7-17/h2-3,5,8,10,12H,4,6-7,9,11H2,1H3. The Hall–Kier alpha value is -1.29. The summed E-state index contributed by atoms with van der Waals surface area (Å²) in [4.78, 5) is 7.03. The second-order valence-corrected chi connectivity index (χ2v) is 6.09. The van der Waals surface area contributed by atoms with Crippen LogP contribution in [0.3, 0.4) is 0 Å². The van der Waals surface area contributed by atoms with Gasteiger partial charge in [-0.25, -0.2) is 4.98 Å². The normalized spacial score (nSPS) is 18.7. The van der Waals surface area contributed by atoms with E-state index in [1.54, 1.807) is 7.11 Å². The average Bonchev–Trinajstić information content (AvgIpc) is 2.95. The van der Waals surface area contributed by atoms with Crippen molar-refractivity contribution >= 4 is 32.5 Å². The van der Waals surface area contributed by atoms with Crippen molar-refractivity contribution in [1.82, 2.24) is 4.98 Å². The van der Waals surface area contributed by atoms with Crippen LogP contribution in [0.15, 0.2) is 30.5 Å². The zero-order valence-electron chi connectivity index (χ0n) is 11.7. The van der Waals surface area contributed by atoms with Crippen LogP contribution in [-0.4, -0.2) is 30.5 Å². The second-order valence-electron chi connectivity index (χ2n) is 5.30. The van der Waals surface area contributed by atoms with Gasteiger partial charge in [0.25, 0.3) is 0 Å². The van der Waals surface area contributed by atoms with Crippen molar-refractivity contribution in [2.45, 2.75) is 12.8 Å². The van der Waals surface area contributed by atoms with Gasteiger partial charge in [0.05, 0.1) is 7.11 Å². The minimum Gasteiger partial charge on any atom is -0.497 e. The Kier molecular flexibility index (Phi) is 4.10. The fourth-order valence-corrected chi connectivity index (χ4v) is 3.58. The monoisotopic (exact) mass is 334 g/mol. The lowest BCUT2D eigenvalue weighted by Gasteiger charge is -2.19. The van der Waals surface area contributed by atoms with E-state index in [1.165, 1.54) is 23.6 Å². The van der Waals surface area contributed by atoms with E-state index in [0.29, 0.717) is 0 Å². The summed E-state index contributed by atoms with van der Waals surface area (Å²) in [6.07, 6.45) is 4.41. The molecule has 1 unspecified atom stereocenters. The molecule has 0 spiro atoms. The van der Waals surface area contributed by atoms with Gasteiger partial charge in [0.1, 0.15) is 11.6 Å². The van der Waals surface area contributed by atoms with Crippen molar-refractivity contribution in [2.75, 3.05) is 30.4 Å². The maximum Gasteiger partial charge on any atom is 0.136 e. The van der Waals surface area contributed by atoms with E-state index in [-0.39, 0.29) is 0 Å². The van der Waals surface area contributed by atoms with Crippen LogP contribution in [0.25, 0.3) is 10.8 Å². The minimum absolute atomic E-state index is 0.782. The first-order chi connectivity index (χ1) is 9.81. The van der Waals surface area contributed by atoms with Gasteiger partial charge in [0, 0.05) is 30.0 Å². The predicted octanol–water partition coefficient (Wildman–Crippen LogP) is 3.85. The Bertz CT molecular complexity index is 602. The third kappa shape index (κ3) is 2.62. The van der Waals surface area contributed by atoms with E-state index in [2.05, 4.69) is 37.9 Å². The molecule has 1 fully saturated rings. The lowest BCUT2D eigenvalue weighted by atomic mass is 10.1. The number of fused-ring (bicyclic) bond motifs is 1. The summed E-state index contributed by atoms with van der Waals surface area (Å²) in [5, 5.41) is 3.50. The van der Waals surface area contributed by atoms with Crippen molar-refractivity contribution in [3.63, 3.8) is 0 Å². The van der Waals surface area contributed by atoms with Crippen LogP contribution in [0.4, 0.5) is 5.82 Å². The molecule has 1 aromatic heterocycles. The van der Waals surface area contributed by atoms with Gasteiger partial charge in [-0.2, -0.15) is 0 Å². The zero-order valence-corrected chi connectivity index (χ0v) is 13.3. The molecule has 0 bridgehead atoms. The lowest BCUT2D eigenvalue weighted by Crippen LogP contribution is -2.21. The molecule has 0 amide bonds. The third-order valence-electron chi connectivity index (χ3n) is 4.05. The van der Waals surface area contributed by atoms with Crippen LogP contribution < -0.4 is 9.64 Å². The summed E-state index contributed by atoms with van der Waals surface area (Å²) in [5.41, 5.74) is 0. The number of halogens is 1. The van der Waals surface area contributed by atoms with Crippen molar-refractivity contribution in [3.8, 4) is 5.75 Å². The highest BCUT2D eigenvalue weighted by Crippen LogP contribution is 2.31. The van der Waals surface area contributed by atoms with Crippen LogP contribution in [-0.2, 0) is 0 Å². The molecule has 0 N–H and O–H groups in total. The number of methoxy groups -OCH3 is 1.